The van der Waals surface area contributed by atoms with E-state index < -0.39 is 29.5 Å². The molecule has 6 heteroatoms. The molecule has 0 radical (unpaired) electrons. The third kappa shape index (κ3) is 5.57. The first-order valence-corrected chi connectivity index (χ1v) is 9.04. The molecule has 1 amide bonds. The summed E-state index contributed by atoms with van der Waals surface area (Å²) in [5, 5.41) is 0. The van der Waals surface area contributed by atoms with Gasteiger partial charge in [-0.05, 0) is 52.7 Å². The van der Waals surface area contributed by atoms with Gasteiger partial charge in [0.15, 0.2) is 0 Å². The van der Waals surface area contributed by atoms with Gasteiger partial charge in [0.2, 0.25) is 0 Å². The normalized spacial score (nSPS) is 22.1. The van der Waals surface area contributed by atoms with Crippen molar-refractivity contribution in [3.63, 3.8) is 0 Å². The van der Waals surface area contributed by atoms with E-state index in [4.69, 9.17) is 9.47 Å². The molecule has 1 aromatic rings. The van der Waals surface area contributed by atoms with Crippen LogP contribution in [0.5, 0.6) is 0 Å². The van der Waals surface area contributed by atoms with Crippen molar-refractivity contribution in [1.29, 1.82) is 0 Å². The molecule has 6 nitrogen and oxygen atoms in total. The average molecular weight is 375 g/mol. The number of benzene rings is 1. The highest BCUT2D eigenvalue weighted by molar-refractivity contribution is 5.81. The Kier molecular flexibility index (Phi) is 6.31. The molecule has 0 aromatic heterocycles. The second kappa shape index (κ2) is 8.13. The van der Waals surface area contributed by atoms with Crippen LogP contribution in [0.15, 0.2) is 42.5 Å². The lowest BCUT2D eigenvalue weighted by Crippen LogP contribution is -2.50. The molecule has 2 atom stereocenters. The van der Waals surface area contributed by atoms with Crippen LogP contribution in [0.2, 0.25) is 0 Å². The standard InChI is InChI=1S/C21H29NO5/c1-20(2,3)27-19(24)22-16(14-15-10-8-7-9-11-15)17(26-21(22,4)5)12-13-18(23)25-6/h7-13,16-17H,14H2,1-6H3/b13-12-. The van der Waals surface area contributed by atoms with E-state index in [2.05, 4.69) is 4.74 Å². The van der Waals surface area contributed by atoms with Gasteiger partial charge in [-0.2, -0.15) is 0 Å². The first-order chi connectivity index (χ1) is 12.5. The minimum Gasteiger partial charge on any atom is -0.466 e. The Morgan fingerprint density at radius 2 is 1.85 bits per heavy atom. The molecule has 2 unspecified atom stereocenters. The van der Waals surface area contributed by atoms with Gasteiger partial charge in [0.05, 0.1) is 19.3 Å². The van der Waals surface area contributed by atoms with E-state index in [1.807, 2.05) is 65.0 Å². The van der Waals surface area contributed by atoms with E-state index in [1.54, 1.807) is 11.0 Å². The van der Waals surface area contributed by atoms with E-state index in [0.29, 0.717) is 6.42 Å². The predicted molar refractivity (Wildman–Crippen MR) is 102 cm³/mol. The maximum atomic E-state index is 12.9. The molecule has 0 aliphatic carbocycles. The SMILES string of the molecule is COC(=O)/C=C\C1OC(C)(C)N(C(=O)OC(C)(C)C)C1Cc1ccccc1. The summed E-state index contributed by atoms with van der Waals surface area (Å²) < 4.78 is 16.4. The zero-order valence-corrected chi connectivity index (χ0v) is 16.9. The highest BCUT2D eigenvalue weighted by Crippen LogP contribution is 2.36. The van der Waals surface area contributed by atoms with Crippen molar-refractivity contribution in [3.8, 4) is 0 Å². The van der Waals surface area contributed by atoms with Gasteiger partial charge >= 0.3 is 12.1 Å². The Labute approximate surface area is 161 Å². The van der Waals surface area contributed by atoms with Crippen LogP contribution in [0.3, 0.4) is 0 Å². The van der Waals surface area contributed by atoms with Crippen LogP contribution in [0.1, 0.15) is 40.2 Å². The molecule has 1 aromatic carbocycles. The van der Waals surface area contributed by atoms with E-state index in [-0.39, 0.29) is 6.04 Å². The maximum Gasteiger partial charge on any atom is 0.412 e. The zero-order chi connectivity index (χ0) is 20.2. The van der Waals surface area contributed by atoms with E-state index in [0.717, 1.165) is 5.56 Å². The lowest BCUT2D eigenvalue weighted by atomic mass is 10.00. The third-order valence-corrected chi connectivity index (χ3v) is 4.22. The molecule has 148 valence electrons. The minimum atomic E-state index is -0.882. The first-order valence-electron chi connectivity index (χ1n) is 9.04. The monoisotopic (exact) mass is 375 g/mol. The van der Waals surface area contributed by atoms with Gasteiger partial charge in [0.1, 0.15) is 11.3 Å². The molecule has 1 fully saturated rings. The van der Waals surface area contributed by atoms with Crippen LogP contribution in [-0.2, 0) is 25.4 Å². The van der Waals surface area contributed by atoms with Gasteiger partial charge in [-0.3, -0.25) is 4.90 Å². The number of amides is 1. The molecule has 2 rings (SSSR count). The van der Waals surface area contributed by atoms with Gasteiger partial charge in [-0.1, -0.05) is 30.3 Å². The smallest absolute Gasteiger partial charge is 0.412 e. The Morgan fingerprint density at radius 3 is 2.41 bits per heavy atom. The fourth-order valence-corrected chi connectivity index (χ4v) is 3.15. The average Bonchev–Trinajstić information content (AvgIpc) is 2.82. The molecular formula is C21H29NO5. The summed E-state index contributed by atoms with van der Waals surface area (Å²) in [5.41, 5.74) is -0.439. The van der Waals surface area contributed by atoms with Crippen molar-refractivity contribution in [2.24, 2.45) is 0 Å². The molecule has 0 bridgehead atoms. The number of rotatable bonds is 4. The van der Waals surface area contributed by atoms with Gasteiger partial charge in [0.25, 0.3) is 0 Å². The number of methoxy groups -OCH3 is 1. The summed E-state index contributed by atoms with van der Waals surface area (Å²) >= 11 is 0. The van der Waals surface area contributed by atoms with E-state index in [9.17, 15) is 9.59 Å². The lowest BCUT2D eigenvalue weighted by molar-refractivity contribution is -0.135. The summed E-state index contributed by atoms with van der Waals surface area (Å²) in [6.07, 6.45) is 2.64. The summed E-state index contributed by atoms with van der Waals surface area (Å²) in [6, 6.07) is 9.53. The molecule has 27 heavy (non-hydrogen) atoms. The van der Waals surface area contributed by atoms with E-state index >= 15 is 0 Å². The minimum absolute atomic E-state index is 0.321. The highest BCUT2D eigenvalue weighted by atomic mass is 16.6. The quantitative estimate of drug-likeness (QED) is 0.593. The van der Waals surface area contributed by atoms with Crippen molar-refractivity contribution in [3.05, 3.63) is 48.0 Å². The Bertz CT molecular complexity index is 690. The van der Waals surface area contributed by atoms with Crippen LogP contribution in [0, 0.1) is 0 Å². The Balaban J connectivity index is 2.35. The highest BCUT2D eigenvalue weighted by Gasteiger charge is 2.50. The van der Waals surface area contributed by atoms with Gasteiger partial charge < -0.3 is 14.2 Å². The van der Waals surface area contributed by atoms with Gasteiger partial charge in [0, 0.05) is 6.08 Å². The van der Waals surface area contributed by atoms with Crippen LogP contribution in [0.4, 0.5) is 4.79 Å². The number of hydrogen-bond donors (Lipinski definition) is 0. The van der Waals surface area contributed by atoms with Crippen LogP contribution >= 0.6 is 0 Å². The topological polar surface area (TPSA) is 65.1 Å². The molecule has 1 aliphatic rings. The van der Waals surface area contributed by atoms with E-state index in [1.165, 1.54) is 13.2 Å². The van der Waals surface area contributed by atoms with Crippen LogP contribution in [0.25, 0.3) is 0 Å². The van der Waals surface area contributed by atoms with Crippen molar-refractivity contribution in [1.82, 2.24) is 4.90 Å². The van der Waals surface area contributed by atoms with Crippen LogP contribution < -0.4 is 0 Å². The number of nitrogens with zero attached hydrogens (tertiary/aromatic N) is 1. The fourth-order valence-electron chi connectivity index (χ4n) is 3.15. The molecule has 1 saturated heterocycles. The van der Waals surface area contributed by atoms with Crippen molar-refractivity contribution in [2.45, 2.75) is 64.5 Å². The number of hydrogen-bond acceptors (Lipinski definition) is 5. The number of esters is 1. The molecule has 0 saturated carbocycles. The molecule has 0 N–H and O–H groups in total. The summed E-state index contributed by atoms with van der Waals surface area (Å²) in [4.78, 5) is 26.1. The largest absolute Gasteiger partial charge is 0.466 e. The Hall–Kier alpha value is -2.34. The zero-order valence-electron chi connectivity index (χ0n) is 16.9. The number of carbonyl (C=O) groups excluding carboxylic acids is 2. The number of carbonyl (C=O) groups is 2. The van der Waals surface area contributed by atoms with Gasteiger partial charge in [-0.25, -0.2) is 9.59 Å². The summed E-state index contributed by atoms with van der Waals surface area (Å²) in [6.45, 7) is 9.13. The molecular weight excluding hydrogens is 346 g/mol. The van der Waals surface area contributed by atoms with Crippen molar-refractivity contribution < 1.29 is 23.8 Å². The Morgan fingerprint density at radius 1 is 1.22 bits per heavy atom. The second-order valence-corrected chi connectivity index (χ2v) is 8.02. The van der Waals surface area contributed by atoms with Gasteiger partial charge in [-0.15, -0.1) is 0 Å². The maximum absolute atomic E-state index is 12.9. The summed E-state index contributed by atoms with van der Waals surface area (Å²) in [5.74, 6) is -0.467. The van der Waals surface area contributed by atoms with Crippen molar-refractivity contribution >= 4 is 12.1 Å². The van der Waals surface area contributed by atoms with Crippen LogP contribution in [-0.4, -0.2) is 47.5 Å². The lowest BCUT2D eigenvalue weighted by Gasteiger charge is -2.35. The molecule has 1 aliphatic heterocycles. The first kappa shape index (κ1) is 21.0. The number of ether oxygens (including phenoxy) is 3. The predicted octanol–water partition coefficient (Wildman–Crippen LogP) is 3.70. The third-order valence-electron chi connectivity index (χ3n) is 4.22. The second-order valence-electron chi connectivity index (χ2n) is 8.02. The molecule has 1 heterocycles. The van der Waals surface area contributed by atoms with Crippen molar-refractivity contribution in [2.75, 3.05) is 7.11 Å². The fraction of sp³-hybridized carbons (Fsp3) is 0.524. The summed E-state index contributed by atoms with van der Waals surface area (Å²) in [7, 11) is 1.32. The molecule has 0 spiro atoms.